The molecule has 0 aliphatic carbocycles. The Morgan fingerprint density at radius 3 is 2.56 bits per heavy atom. The molecule has 0 bridgehead atoms. The van der Waals surface area contributed by atoms with Gasteiger partial charge >= 0.3 is 5.97 Å². The van der Waals surface area contributed by atoms with Crippen molar-refractivity contribution in [3.63, 3.8) is 0 Å². The van der Waals surface area contributed by atoms with Gasteiger partial charge < -0.3 is 5.11 Å². The van der Waals surface area contributed by atoms with Gasteiger partial charge in [-0.05, 0) is 13.8 Å². The summed E-state index contributed by atoms with van der Waals surface area (Å²) >= 11 is 0. The Morgan fingerprint density at radius 2 is 2.22 bits per heavy atom. The second-order valence-electron chi connectivity index (χ2n) is 1.52. The van der Waals surface area contributed by atoms with Gasteiger partial charge in [-0.2, -0.15) is 0 Å². The van der Waals surface area contributed by atoms with E-state index < -0.39 is 5.97 Å². The molecule has 0 heterocycles. The zero-order valence-electron chi connectivity index (χ0n) is 5.46. The van der Waals surface area contributed by atoms with E-state index in [1.54, 1.807) is 6.92 Å². The Kier molecular flexibility index (Phi) is 3.35. The van der Waals surface area contributed by atoms with Crippen LogP contribution in [-0.2, 0) is 4.79 Å². The van der Waals surface area contributed by atoms with E-state index in [1.807, 2.05) is 0 Å². The summed E-state index contributed by atoms with van der Waals surface area (Å²) in [6, 6.07) is 0. The van der Waals surface area contributed by atoms with Crippen molar-refractivity contribution in [3.05, 3.63) is 11.8 Å². The predicted molar refractivity (Wildman–Crippen MR) is 35.6 cm³/mol. The topological polar surface area (TPSA) is 49.7 Å². The van der Waals surface area contributed by atoms with Gasteiger partial charge in [-0.3, -0.25) is 4.99 Å². The zero-order chi connectivity index (χ0) is 7.28. The predicted octanol–water partition coefficient (Wildman–Crippen LogP) is 1.07. The van der Waals surface area contributed by atoms with E-state index >= 15 is 0 Å². The van der Waals surface area contributed by atoms with E-state index in [-0.39, 0.29) is 5.57 Å². The molecule has 0 rings (SSSR count). The Hall–Kier alpha value is -1.12. The number of aliphatic carboxylic acids is 1. The number of hydrogen-bond acceptors (Lipinski definition) is 2. The smallest absolute Gasteiger partial charge is 0.332 e. The molecule has 0 saturated heterocycles. The van der Waals surface area contributed by atoms with Gasteiger partial charge in [0.2, 0.25) is 0 Å². The van der Waals surface area contributed by atoms with Crippen molar-refractivity contribution in [2.24, 2.45) is 4.99 Å². The molecule has 0 fully saturated rings. The monoisotopic (exact) mass is 127 g/mol. The van der Waals surface area contributed by atoms with Gasteiger partial charge in [0.15, 0.2) is 0 Å². The van der Waals surface area contributed by atoms with Crippen molar-refractivity contribution in [3.8, 4) is 0 Å². The van der Waals surface area contributed by atoms with Crippen LogP contribution in [0.4, 0.5) is 0 Å². The third-order valence-electron chi connectivity index (χ3n) is 0.755. The van der Waals surface area contributed by atoms with Crippen molar-refractivity contribution < 1.29 is 9.90 Å². The molecule has 0 unspecified atom stereocenters. The van der Waals surface area contributed by atoms with Crippen LogP contribution in [0.3, 0.4) is 0 Å². The molecule has 0 saturated carbocycles. The van der Waals surface area contributed by atoms with Gasteiger partial charge in [0.1, 0.15) is 0 Å². The number of rotatable bonds is 2. The van der Waals surface area contributed by atoms with E-state index in [9.17, 15) is 4.79 Å². The van der Waals surface area contributed by atoms with Crippen LogP contribution in [0.5, 0.6) is 0 Å². The highest BCUT2D eigenvalue weighted by atomic mass is 16.4. The van der Waals surface area contributed by atoms with Gasteiger partial charge in [0, 0.05) is 12.4 Å². The Labute approximate surface area is 53.7 Å². The minimum absolute atomic E-state index is 0.244. The highest BCUT2D eigenvalue weighted by Crippen LogP contribution is 1.90. The van der Waals surface area contributed by atoms with Crippen LogP contribution >= 0.6 is 0 Å². The molecule has 0 aliphatic rings. The van der Waals surface area contributed by atoms with E-state index in [1.165, 1.54) is 19.3 Å². The van der Waals surface area contributed by atoms with E-state index in [4.69, 9.17) is 5.11 Å². The molecule has 0 aliphatic heterocycles. The van der Waals surface area contributed by atoms with Crippen molar-refractivity contribution in [2.45, 2.75) is 13.8 Å². The van der Waals surface area contributed by atoms with Gasteiger partial charge in [-0.15, -0.1) is 0 Å². The lowest BCUT2D eigenvalue weighted by Gasteiger charge is -1.85. The summed E-state index contributed by atoms with van der Waals surface area (Å²) in [5, 5.41) is 8.27. The number of carbonyl (C=O) groups is 1. The first-order valence-corrected chi connectivity index (χ1v) is 2.56. The summed E-state index contributed by atoms with van der Waals surface area (Å²) in [7, 11) is 0. The maximum atomic E-state index is 10.1. The van der Waals surface area contributed by atoms with E-state index in [0.717, 1.165) is 0 Å². The average Bonchev–Trinajstić information content (AvgIpc) is 1.82. The highest BCUT2D eigenvalue weighted by Gasteiger charge is 1.95. The number of carboxylic acid groups (broad SMARTS) is 1. The average molecular weight is 127 g/mol. The Bertz CT molecular complexity index is 158. The lowest BCUT2D eigenvalue weighted by molar-refractivity contribution is -0.132. The highest BCUT2D eigenvalue weighted by molar-refractivity contribution is 5.85. The molecule has 0 aromatic rings. The number of carboxylic acids is 1. The second-order valence-corrected chi connectivity index (χ2v) is 1.52. The third-order valence-corrected chi connectivity index (χ3v) is 0.755. The maximum absolute atomic E-state index is 10.1. The molecule has 0 spiro atoms. The van der Waals surface area contributed by atoms with Crippen molar-refractivity contribution >= 4 is 12.2 Å². The summed E-state index contributed by atoms with van der Waals surface area (Å²) in [5.41, 5.74) is 0.244. The lowest BCUT2D eigenvalue weighted by atomic mass is 10.3. The van der Waals surface area contributed by atoms with Crippen LogP contribution in [0.15, 0.2) is 16.8 Å². The molecule has 3 nitrogen and oxygen atoms in total. The summed E-state index contributed by atoms with van der Waals surface area (Å²) < 4.78 is 0. The summed E-state index contributed by atoms with van der Waals surface area (Å²) in [6.45, 7) is 3.22. The molecular formula is C6H9NO2. The molecule has 3 heteroatoms. The fourth-order valence-electron chi connectivity index (χ4n) is 0.242. The minimum atomic E-state index is -0.930. The molecule has 0 radical (unpaired) electrons. The number of nitrogens with zero attached hydrogens (tertiary/aromatic N) is 1. The van der Waals surface area contributed by atoms with Crippen molar-refractivity contribution in [1.82, 2.24) is 0 Å². The van der Waals surface area contributed by atoms with Crippen LogP contribution in [0.25, 0.3) is 0 Å². The summed E-state index contributed by atoms with van der Waals surface area (Å²) in [5.74, 6) is -0.930. The fraction of sp³-hybridized carbons (Fsp3) is 0.333. The van der Waals surface area contributed by atoms with E-state index in [2.05, 4.69) is 4.99 Å². The fourth-order valence-corrected chi connectivity index (χ4v) is 0.242. The van der Waals surface area contributed by atoms with Gasteiger partial charge in [-0.1, -0.05) is 0 Å². The third kappa shape index (κ3) is 3.46. The van der Waals surface area contributed by atoms with Crippen LogP contribution in [-0.4, -0.2) is 17.3 Å². The second kappa shape index (κ2) is 3.83. The number of aliphatic imine (C=N–C) groups is 1. The van der Waals surface area contributed by atoms with Crippen molar-refractivity contribution in [2.75, 3.05) is 0 Å². The molecular weight excluding hydrogens is 118 g/mol. The maximum Gasteiger partial charge on any atom is 0.332 e. The molecule has 0 aromatic heterocycles. The van der Waals surface area contributed by atoms with Crippen LogP contribution in [0, 0.1) is 0 Å². The zero-order valence-corrected chi connectivity index (χ0v) is 5.46. The van der Waals surface area contributed by atoms with Crippen molar-refractivity contribution in [1.29, 1.82) is 0 Å². The molecule has 0 aromatic carbocycles. The normalized spacial score (nSPS) is 12.4. The Balaban J connectivity index is 4.00. The van der Waals surface area contributed by atoms with E-state index in [0.29, 0.717) is 0 Å². The SMILES string of the molecule is CC=N/C=C(\C)C(=O)O. The quantitative estimate of drug-likeness (QED) is 0.445. The molecule has 0 atom stereocenters. The summed E-state index contributed by atoms with van der Waals surface area (Å²) in [4.78, 5) is 13.7. The lowest BCUT2D eigenvalue weighted by Crippen LogP contribution is -1.94. The van der Waals surface area contributed by atoms with Gasteiger partial charge in [-0.25, -0.2) is 4.79 Å². The van der Waals surface area contributed by atoms with Crippen LogP contribution in [0.2, 0.25) is 0 Å². The number of hydrogen-bond donors (Lipinski definition) is 1. The first-order chi connectivity index (χ1) is 4.18. The standard InChI is InChI=1S/C6H9NO2/c1-3-7-4-5(2)6(8)9/h3-4H,1-2H3,(H,8,9)/b5-4+,7-3?. The first-order valence-electron chi connectivity index (χ1n) is 2.56. The molecule has 1 N–H and O–H groups in total. The molecule has 0 amide bonds. The molecule has 9 heavy (non-hydrogen) atoms. The molecule has 50 valence electrons. The minimum Gasteiger partial charge on any atom is -0.478 e. The van der Waals surface area contributed by atoms with Crippen LogP contribution in [0.1, 0.15) is 13.8 Å². The Morgan fingerprint density at radius 1 is 1.67 bits per heavy atom. The summed E-state index contributed by atoms with van der Waals surface area (Å²) in [6.07, 6.45) is 2.84. The largest absolute Gasteiger partial charge is 0.478 e. The van der Waals surface area contributed by atoms with Gasteiger partial charge in [0.25, 0.3) is 0 Å². The first kappa shape index (κ1) is 7.88. The van der Waals surface area contributed by atoms with Crippen LogP contribution < -0.4 is 0 Å². The van der Waals surface area contributed by atoms with Gasteiger partial charge in [0.05, 0.1) is 5.57 Å².